The first-order valence-electron chi connectivity index (χ1n) is 21.9. The number of nitrogens with zero attached hydrogens (tertiary/aromatic N) is 1. The van der Waals surface area contributed by atoms with Crippen molar-refractivity contribution >= 4 is 13.7 Å². The van der Waals surface area contributed by atoms with Crippen molar-refractivity contribution in [1.29, 1.82) is 0 Å². The van der Waals surface area contributed by atoms with Gasteiger partial charge in [0, 0.05) is 6.42 Å². The third kappa shape index (κ3) is 38.8. The van der Waals surface area contributed by atoms with Crippen molar-refractivity contribution in [3.05, 3.63) is 36.5 Å². The fraction of sp³-hybridized carbons (Fsp3) is 0.841. The Hall–Kier alpha value is -1.28. The number of allylic oxidation sites excluding steroid dienone is 5. The highest BCUT2D eigenvalue weighted by Crippen LogP contribution is 2.38. The molecule has 1 amide bonds. The molecule has 0 spiro atoms. The van der Waals surface area contributed by atoms with E-state index in [0.29, 0.717) is 17.4 Å². The molecule has 9 heteroatoms. The number of aliphatic hydroxyl groups is 1. The second-order valence-electron chi connectivity index (χ2n) is 16.0. The number of unbranched alkanes of at least 4 members (excludes halogenated alkanes) is 22. The average molecular weight is 769 g/mol. The van der Waals surface area contributed by atoms with Crippen LogP contribution in [-0.4, -0.2) is 68.5 Å². The van der Waals surface area contributed by atoms with E-state index in [2.05, 4.69) is 43.5 Å². The van der Waals surface area contributed by atoms with Crippen molar-refractivity contribution < 1.29 is 32.9 Å². The summed E-state index contributed by atoms with van der Waals surface area (Å²) in [5, 5.41) is 13.7. The zero-order chi connectivity index (χ0) is 39.3. The predicted octanol–water partition coefficient (Wildman–Crippen LogP) is 11.3. The smallest absolute Gasteiger partial charge is 0.268 e. The maximum absolute atomic E-state index is 12.8. The molecule has 0 aromatic carbocycles. The number of amides is 1. The Bertz CT molecular complexity index is 964. The first-order valence-corrected chi connectivity index (χ1v) is 23.3. The number of rotatable bonds is 39. The molecule has 312 valence electrons. The molecule has 0 aliphatic rings. The number of carbonyl (C=O) groups is 1. The van der Waals surface area contributed by atoms with Crippen LogP contribution in [0.5, 0.6) is 0 Å². The summed E-state index contributed by atoms with van der Waals surface area (Å²) < 4.78 is 23.1. The average Bonchev–Trinajstić information content (AvgIpc) is 3.10. The van der Waals surface area contributed by atoms with Crippen LogP contribution >= 0.6 is 7.82 Å². The summed E-state index contributed by atoms with van der Waals surface area (Å²) in [5.41, 5.74) is 0. The van der Waals surface area contributed by atoms with Crippen molar-refractivity contribution in [2.24, 2.45) is 0 Å². The van der Waals surface area contributed by atoms with Gasteiger partial charge < -0.3 is 28.8 Å². The Balaban J connectivity index is 4.44. The highest BCUT2D eigenvalue weighted by molar-refractivity contribution is 7.45. The van der Waals surface area contributed by atoms with Gasteiger partial charge >= 0.3 is 0 Å². The molecule has 0 saturated carbocycles. The molecule has 0 bridgehead atoms. The van der Waals surface area contributed by atoms with Crippen molar-refractivity contribution in [2.75, 3.05) is 40.9 Å². The molecule has 0 heterocycles. The summed E-state index contributed by atoms with van der Waals surface area (Å²) >= 11 is 0. The molecule has 0 fully saturated rings. The van der Waals surface area contributed by atoms with Crippen LogP contribution in [0.4, 0.5) is 0 Å². The van der Waals surface area contributed by atoms with Crippen LogP contribution < -0.4 is 10.2 Å². The summed E-state index contributed by atoms with van der Waals surface area (Å²) in [4.78, 5) is 25.2. The summed E-state index contributed by atoms with van der Waals surface area (Å²) in [5.74, 6) is -0.212. The number of hydrogen-bond acceptors (Lipinski definition) is 6. The first-order chi connectivity index (χ1) is 25.5. The number of nitrogens with one attached hydrogen (secondary N) is 1. The maximum Gasteiger partial charge on any atom is 0.268 e. The van der Waals surface area contributed by atoms with Crippen LogP contribution in [0, 0.1) is 0 Å². The van der Waals surface area contributed by atoms with Gasteiger partial charge in [-0.2, -0.15) is 0 Å². The molecule has 0 radical (unpaired) electrons. The minimum atomic E-state index is -4.59. The highest BCUT2D eigenvalue weighted by atomic mass is 31.2. The van der Waals surface area contributed by atoms with Gasteiger partial charge in [-0.25, -0.2) is 0 Å². The molecule has 2 N–H and O–H groups in total. The molecular weight excluding hydrogens is 683 g/mol. The Morgan fingerprint density at radius 1 is 0.642 bits per heavy atom. The molecule has 53 heavy (non-hydrogen) atoms. The fourth-order valence-corrected chi connectivity index (χ4v) is 6.79. The fourth-order valence-electron chi connectivity index (χ4n) is 6.07. The number of aliphatic hydroxyl groups excluding tert-OH is 1. The number of hydrogen-bond donors (Lipinski definition) is 2. The molecule has 0 saturated heterocycles. The predicted molar refractivity (Wildman–Crippen MR) is 224 cm³/mol. The maximum atomic E-state index is 12.8. The van der Waals surface area contributed by atoms with Crippen LogP contribution in [0.1, 0.15) is 187 Å². The van der Waals surface area contributed by atoms with E-state index in [9.17, 15) is 19.4 Å². The van der Waals surface area contributed by atoms with Gasteiger partial charge in [0.05, 0.1) is 39.9 Å². The molecule has 0 aliphatic carbocycles. The Morgan fingerprint density at radius 2 is 1.06 bits per heavy atom. The SMILES string of the molecule is CCCCC/C=C/CC/C=C/CC/C=C/C(O)C(COP(=O)([O-])OCC[N+](C)(C)C)NC(=O)CCCCCCCCCCCCCCCCCCCC. The van der Waals surface area contributed by atoms with Crippen molar-refractivity contribution in [3.63, 3.8) is 0 Å². The zero-order valence-electron chi connectivity index (χ0n) is 35.2. The van der Waals surface area contributed by atoms with E-state index in [-0.39, 0.29) is 12.5 Å². The van der Waals surface area contributed by atoms with Crippen molar-refractivity contribution in [2.45, 2.75) is 199 Å². The number of carbonyl (C=O) groups excluding carboxylic acids is 1. The Labute approximate surface area is 327 Å². The lowest BCUT2D eigenvalue weighted by Crippen LogP contribution is -2.45. The molecule has 0 aliphatic heterocycles. The van der Waals surface area contributed by atoms with E-state index in [4.69, 9.17) is 9.05 Å². The van der Waals surface area contributed by atoms with E-state index in [0.717, 1.165) is 51.4 Å². The molecule has 0 rings (SSSR count). The number of phosphoric ester groups is 1. The van der Waals surface area contributed by atoms with Crippen LogP contribution in [-0.2, 0) is 18.4 Å². The van der Waals surface area contributed by atoms with Gasteiger partial charge in [0.25, 0.3) is 7.82 Å². The number of likely N-dealkylation sites (N-methyl/N-ethyl adjacent to an activating group) is 1. The Kier molecular flexibility index (Phi) is 35.5. The minimum absolute atomic E-state index is 0.00805. The third-order valence-corrected chi connectivity index (χ3v) is 10.5. The summed E-state index contributed by atoms with van der Waals surface area (Å²) in [7, 11) is 1.24. The molecule has 0 aromatic heterocycles. The van der Waals surface area contributed by atoms with Gasteiger partial charge in [-0.05, 0) is 44.9 Å². The van der Waals surface area contributed by atoms with E-state index in [1.807, 2.05) is 27.2 Å². The van der Waals surface area contributed by atoms with E-state index < -0.39 is 26.6 Å². The number of quaternary nitrogens is 1. The van der Waals surface area contributed by atoms with Gasteiger partial charge in [-0.15, -0.1) is 0 Å². The lowest BCUT2D eigenvalue weighted by molar-refractivity contribution is -0.870. The van der Waals surface area contributed by atoms with Crippen LogP contribution in [0.15, 0.2) is 36.5 Å². The van der Waals surface area contributed by atoms with E-state index in [1.54, 1.807) is 6.08 Å². The second-order valence-corrected chi connectivity index (χ2v) is 17.4. The van der Waals surface area contributed by atoms with E-state index in [1.165, 1.54) is 116 Å². The lowest BCUT2D eigenvalue weighted by atomic mass is 10.0. The lowest BCUT2D eigenvalue weighted by Gasteiger charge is -2.29. The quantitative estimate of drug-likeness (QED) is 0.0279. The van der Waals surface area contributed by atoms with Gasteiger partial charge in [0.15, 0.2) is 0 Å². The van der Waals surface area contributed by atoms with Crippen LogP contribution in [0.2, 0.25) is 0 Å². The molecule has 3 atom stereocenters. The Morgan fingerprint density at radius 3 is 1.53 bits per heavy atom. The topological polar surface area (TPSA) is 108 Å². The van der Waals surface area contributed by atoms with Crippen LogP contribution in [0.3, 0.4) is 0 Å². The largest absolute Gasteiger partial charge is 0.756 e. The zero-order valence-corrected chi connectivity index (χ0v) is 36.1. The van der Waals surface area contributed by atoms with Gasteiger partial charge in [-0.1, -0.05) is 172 Å². The molecule has 8 nitrogen and oxygen atoms in total. The summed E-state index contributed by atoms with van der Waals surface area (Å²) in [6.45, 7) is 4.58. The summed E-state index contributed by atoms with van der Waals surface area (Å²) in [6, 6.07) is -0.904. The van der Waals surface area contributed by atoms with Gasteiger partial charge in [0.2, 0.25) is 5.91 Å². The first kappa shape index (κ1) is 51.7. The normalized spacial score (nSPS) is 14.8. The number of phosphoric acid groups is 1. The third-order valence-electron chi connectivity index (χ3n) is 9.58. The van der Waals surface area contributed by atoms with Gasteiger partial charge in [0.1, 0.15) is 13.2 Å². The standard InChI is InChI=1S/C44H85N2O6P/c1-6-8-10-12-14-16-18-20-21-22-23-24-26-28-30-32-34-36-38-44(48)45-42(41-52-53(49,50)51-40-39-46(3,4)5)43(47)37-35-33-31-29-27-25-19-17-15-13-11-9-7-2/h15,17,27,29,35,37,42-43,47H,6-14,16,18-26,28,30-34,36,38-41H2,1-5H3,(H-,45,48,49,50)/b17-15+,29-27+,37-35+. The second kappa shape index (κ2) is 36.4. The highest BCUT2D eigenvalue weighted by Gasteiger charge is 2.23. The van der Waals surface area contributed by atoms with Crippen LogP contribution in [0.25, 0.3) is 0 Å². The summed E-state index contributed by atoms with van der Waals surface area (Å²) in [6.07, 6.45) is 43.3. The molecule has 3 unspecified atom stereocenters. The monoisotopic (exact) mass is 769 g/mol. The minimum Gasteiger partial charge on any atom is -0.756 e. The molecule has 0 aromatic rings. The molecular formula is C44H85N2O6P. The van der Waals surface area contributed by atoms with Crippen molar-refractivity contribution in [3.8, 4) is 0 Å². The van der Waals surface area contributed by atoms with Gasteiger partial charge in [-0.3, -0.25) is 9.36 Å². The van der Waals surface area contributed by atoms with E-state index >= 15 is 0 Å². The van der Waals surface area contributed by atoms with Crippen molar-refractivity contribution in [1.82, 2.24) is 5.32 Å².